The molecule has 1 aromatic rings. The smallest absolute Gasteiger partial charge is 0.244 e. The molecule has 104 valence electrons. The lowest BCUT2D eigenvalue weighted by Gasteiger charge is -2.07. The molecule has 6 nitrogen and oxygen atoms in total. The average molecular weight is 274 g/mol. The van der Waals surface area contributed by atoms with Crippen molar-refractivity contribution in [2.45, 2.75) is 32.1 Å². The summed E-state index contributed by atoms with van der Waals surface area (Å²) in [5, 5.41) is 7.26. The largest absolute Gasteiger partial charge is 0.315 e. The monoisotopic (exact) mass is 274 g/mol. The molecule has 18 heavy (non-hydrogen) atoms. The van der Waals surface area contributed by atoms with Crippen LogP contribution in [0.1, 0.15) is 24.7 Å². The van der Waals surface area contributed by atoms with Crippen molar-refractivity contribution in [1.29, 1.82) is 0 Å². The minimum Gasteiger partial charge on any atom is -0.315 e. The third-order valence-corrected chi connectivity index (χ3v) is 4.44. The van der Waals surface area contributed by atoms with E-state index in [2.05, 4.69) is 22.1 Å². The maximum atomic E-state index is 12.1. The van der Waals surface area contributed by atoms with Gasteiger partial charge in [-0.15, -0.1) is 0 Å². The van der Waals surface area contributed by atoms with Gasteiger partial charge in [0.2, 0.25) is 10.0 Å². The van der Waals surface area contributed by atoms with Crippen molar-refractivity contribution in [2.24, 2.45) is 7.05 Å². The molecule has 7 heteroatoms. The summed E-state index contributed by atoms with van der Waals surface area (Å²) in [5.74, 6) is 0. The molecule has 0 spiro atoms. The zero-order valence-corrected chi connectivity index (χ0v) is 12.3. The first-order chi connectivity index (χ1) is 8.40. The molecule has 1 heterocycles. The minimum atomic E-state index is -3.46. The summed E-state index contributed by atoms with van der Waals surface area (Å²) >= 11 is 0. The predicted octanol–water partition coefficient (Wildman–Crippen LogP) is 0.315. The van der Waals surface area contributed by atoms with E-state index in [0.29, 0.717) is 29.4 Å². The number of aryl methyl sites for hydroxylation is 2. The van der Waals surface area contributed by atoms with Gasteiger partial charge in [0.15, 0.2) is 0 Å². The molecule has 1 aromatic heterocycles. The molecule has 0 aliphatic carbocycles. The Kier molecular flexibility index (Phi) is 5.30. The number of rotatable bonds is 7. The van der Waals surface area contributed by atoms with E-state index < -0.39 is 10.0 Å². The third-order valence-electron chi connectivity index (χ3n) is 2.73. The van der Waals surface area contributed by atoms with Gasteiger partial charge in [0.1, 0.15) is 4.90 Å². The standard InChI is InChI=1S/C11H22N4O2S/c1-5-6-12-7-8-13-18(16,17)11-9(2)14-15(4)10(11)3/h12-13H,5-8H2,1-4H3. The highest BCUT2D eigenvalue weighted by Crippen LogP contribution is 2.17. The van der Waals surface area contributed by atoms with Crippen molar-refractivity contribution < 1.29 is 8.42 Å². The van der Waals surface area contributed by atoms with Gasteiger partial charge in [-0.05, 0) is 26.8 Å². The van der Waals surface area contributed by atoms with Crippen LogP contribution in [-0.2, 0) is 17.1 Å². The van der Waals surface area contributed by atoms with Crippen LogP contribution in [0, 0.1) is 13.8 Å². The molecule has 0 amide bonds. The van der Waals surface area contributed by atoms with Crippen LogP contribution in [0.3, 0.4) is 0 Å². The molecule has 0 atom stereocenters. The summed E-state index contributed by atoms with van der Waals surface area (Å²) in [7, 11) is -1.72. The Morgan fingerprint density at radius 1 is 1.22 bits per heavy atom. The first-order valence-corrected chi connectivity index (χ1v) is 7.59. The van der Waals surface area contributed by atoms with Crippen molar-refractivity contribution in [3.63, 3.8) is 0 Å². The zero-order valence-electron chi connectivity index (χ0n) is 11.4. The van der Waals surface area contributed by atoms with E-state index in [4.69, 9.17) is 0 Å². The van der Waals surface area contributed by atoms with Gasteiger partial charge in [0.05, 0.1) is 11.4 Å². The van der Waals surface area contributed by atoms with E-state index >= 15 is 0 Å². The topological polar surface area (TPSA) is 76.0 Å². The maximum absolute atomic E-state index is 12.1. The van der Waals surface area contributed by atoms with Gasteiger partial charge in [-0.1, -0.05) is 6.92 Å². The molecule has 2 N–H and O–H groups in total. The van der Waals surface area contributed by atoms with Crippen molar-refractivity contribution in [2.75, 3.05) is 19.6 Å². The Bertz CT molecular complexity index is 493. The van der Waals surface area contributed by atoms with Crippen molar-refractivity contribution in [3.8, 4) is 0 Å². The summed E-state index contributed by atoms with van der Waals surface area (Å²) in [4.78, 5) is 0.292. The van der Waals surface area contributed by atoms with Crippen LogP contribution in [0.15, 0.2) is 4.90 Å². The fourth-order valence-electron chi connectivity index (χ4n) is 1.79. The van der Waals surface area contributed by atoms with E-state index in [-0.39, 0.29) is 0 Å². The fraction of sp³-hybridized carbons (Fsp3) is 0.727. The lowest BCUT2D eigenvalue weighted by atomic mass is 10.4. The fourth-order valence-corrected chi connectivity index (χ4v) is 3.26. The first-order valence-electron chi connectivity index (χ1n) is 6.10. The second-order valence-electron chi connectivity index (χ2n) is 4.27. The molecular formula is C11H22N4O2S. The van der Waals surface area contributed by atoms with Crippen LogP contribution in [0.5, 0.6) is 0 Å². The minimum absolute atomic E-state index is 0.292. The molecule has 0 saturated heterocycles. The van der Waals surface area contributed by atoms with Crippen molar-refractivity contribution >= 4 is 10.0 Å². The van der Waals surface area contributed by atoms with Gasteiger partial charge in [-0.3, -0.25) is 4.68 Å². The lowest BCUT2D eigenvalue weighted by molar-refractivity contribution is 0.574. The quantitative estimate of drug-likeness (QED) is 0.702. The average Bonchev–Trinajstić information content (AvgIpc) is 2.53. The first kappa shape index (κ1) is 15.1. The van der Waals surface area contributed by atoms with E-state index in [9.17, 15) is 8.42 Å². The van der Waals surface area contributed by atoms with Crippen LogP contribution in [0.2, 0.25) is 0 Å². The molecule has 0 aromatic carbocycles. The Labute approximate surface area is 109 Å². The van der Waals surface area contributed by atoms with E-state index in [1.807, 2.05) is 0 Å². The van der Waals surface area contributed by atoms with Gasteiger partial charge in [-0.2, -0.15) is 5.10 Å². The molecule has 0 saturated carbocycles. The molecule has 0 aliphatic rings. The Morgan fingerprint density at radius 3 is 2.39 bits per heavy atom. The van der Waals surface area contributed by atoms with Crippen LogP contribution in [-0.4, -0.2) is 37.8 Å². The lowest BCUT2D eigenvalue weighted by Crippen LogP contribution is -2.32. The molecule has 0 bridgehead atoms. The Hall–Kier alpha value is -0.920. The zero-order chi connectivity index (χ0) is 13.8. The van der Waals surface area contributed by atoms with Crippen molar-refractivity contribution in [1.82, 2.24) is 19.8 Å². The number of hydrogen-bond donors (Lipinski definition) is 2. The SMILES string of the molecule is CCCNCCNS(=O)(=O)c1c(C)nn(C)c1C. The Balaban J connectivity index is 2.69. The Morgan fingerprint density at radius 2 is 1.89 bits per heavy atom. The predicted molar refractivity (Wildman–Crippen MR) is 71.0 cm³/mol. The van der Waals surface area contributed by atoms with E-state index in [0.717, 1.165) is 13.0 Å². The highest BCUT2D eigenvalue weighted by atomic mass is 32.2. The number of nitrogens with one attached hydrogen (secondary N) is 2. The highest BCUT2D eigenvalue weighted by Gasteiger charge is 2.22. The van der Waals surface area contributed by atoms with Crippen LogP contribution < -0.4 is 10.0 Å². The van der Waals surface area contributed by atoms with Gasteiger partial charge >= 0.3 is 0 Å². The number of hydrogen-bond acceptors (Lipinski definition) is 4. The number of aromatic nitrogens is 2. The van der Waals surface area contributed by atoms with Crippen molar-refractivity contribution in [3.05, 3.63) is 11.4 Å². The van der Waals surface area contributed by atoms with Crippen LogP contribution in [0.4, 0.5) is 0 Å². The van der Waals surface area contributed by atoms with E-state index in [1.165, 1.54) is 0 Å². The molecule has 1 rings (SSSR count). The second kappa shape index (κ2) is 6.31. The summed E-state index contributed by atoms with van der Waals surface area (Å²) in [6.07, 6.45) is 1.04. The molecule has 0 unspecified atom stereocenters. The van der Waals surface area contributed by atoms with E-state index in [1.54, 1.807) is 25.6 Å². The second-order valence-corrected chi connectivity index (χ2v) is 5.98. The third kappa shape index (κ3) is 3.54. The van der Waals surface area contributed by atoms with Gasteiger partial charge in [0, 0.05) is 20.1 Å². The summed E-state index contributed by atoms with van der Waals surface area (Å²) in [6.45, 7) is 7.44. The van der Waals surface area contributed by atoms with Gasteiger partial charge in [0.25, 0.3) is 0 Å². The van der Waals surface area contributed by atoms with Crippen LogP contribution >= 0.6 is 0 Å². The summed E-state index contributed by atoms with van der Waals surface area (Å²) in [6, 6.07) is 0. The highest BCUT2D eigenvalue weighted by molar-refractivity contribution is 7.89. The van der Waals surface area contributed by atoms with Gasteiger partial charge in [-0.25, -0.2) is 13.1 Å². The summed E-state index contributed by atoms with van der Waals surface area (Å²) in [5.41, 5.74) is 1.19. The molecule has 0 radical (unpaired) electrons. The molecular weight excluding hydrogens is 252 g/mol. The number of sulfonamides is 1. The molecule has 0 fully saturated rings. The maximum Gasteiger partial charge on any atom is 0.244 e. The molecule has 0 aliphatic heterocycles. The normalized spacial score (nSPS) is 12.0. The van der Waals surface area contributed by atoms with Gasteiger partial charge < -0.3 is 5.32 Å². The van der Waals surface area contributed by atoms with Crippen LogP contribution in [0.25, 0.3) is 0 Å². The number of nitrogens with zero attached hydrogens (tertiary/aromatic N) is 2. The summed E-state index contributed by atoms with van der Waals surface area (Å²) < 4.78 is 28.4.